The molecule has 2 atom stereocenters. The third kappa shape index (κ3) is 8.31. The van der Waals surface area contributed by atoms with Gasteiger partial charge in [-0.2, -0.15) is 0 Å². The second-order valence-electron chi connectivity index (χ2n) is 5.81. The number of halogens is 1. The van der Waals surface area contributed by atoms with E-state index in [1.54, 1.807) is 24.3 Å². The van der Waals surface area contributed by atoms with Gasteiger partial charge in [0.2, 0.25) is 0 Å². The molecule has 5 nitrogen and oxygen atoms in total. The number of ether oxygens (including phenoxy) is 2. The number of hydrogen-bond donors (Lipinski definition) is 1. The summed E-state index contributed by atoms with van der Waals surface area (Å²) < 4.78 is 10.5. The summed E-state index contributed by atoms with van der Waals surface area (Å²) in [4.78, 5) is 23.5. The summed E-state index contributed by atoms with van der Waals surface area (Å²) in [6, 6.07) is 6.59. The van der Waals surface area contributed by atoms with E-state index in [-0.39, 0.29) is 30.6 Å². The monoisotopic (exact) mass is 355 g/mol. The van der Waals surface area contributed by atoms with Gasteiger partial charge in [0.1, 0.15) is 6.10 Å². The zero-order chi connectivity index (χ0) is 17.9. The fraction of sp³-hybridized carbons (Fsp3) is 0.556. The smallest absolute Gasteiger partial charge is 0.338 e. The Morgan fingerprint density at radius 3 is 2.50 bits per heavy atom. The van der Waals surface area contributed by atoms with Crippen LogP contribution >= 0.6 is 11.6 Å². The third-order valence-corrected chi connectivity index (χ3v) is 3.68. The average Bonchev–Trinajstić information content (AvgIpc) is 2.53. The molecular formula is C18H26ClNO4. The Bertz CT molecular complexity index is 518. The molecule has 0 spiro atoms. The average molecular weight is 356 g/mol. The van der Waals surface area contributed by atoms with Gasteiger partial charge in [-0.15, -0.1) is 0 Å². The van der Waals surface area contributed by atoms with E-state index in [2.05, 4.69) is 5.32 Å². The van der Waals surface area contributed by atoms with Crippen molar-refractivity contribution in [3.63, 3.8) is 0 Å². The first kappa shape index (κ1) is 20.5. The molecule has 24 heavy (non-hydrogen) atoms. The van der Waals surface area contributed by atoms with Crippen molar-refractivity contribution in [2.24, 2.45) is 0 Å². The lowest BCUT2D eigenvalue weighted by Gasteiger charge is -2.19. The molecule has 0 aliphatic heterocycles. The molecule has 6 heteroatoms. The van der Waals surface area contributed by atoms with Gasteiger partial charge in [-0.3, -0.25) is 4.79 Å². The highest BCUT2D eigenvalue weighted by atomic mass is 35.5. The van der Waals surface area contributed by atoms with E-state index < -0.39 is 0 Å². The highest BCUT2D eigenvalue weighted by Crippen LogP contribution is 2.12. The molecule has 1 aromatic rings. The van der Waals surface area contributed by atoms with Gasteiger partial charge in [-0.1, -0.05) is 24.9 Å². The highest BCUT2D eigenvalue weighted by molar-refractivity contribution is 6.30. The lowest BCUT2D eigenvalue weighted by Crippen LogP contribution is -2.35. The van der Waals surface area contributed by atoms with Gasteiger partial charge in [0.05, 0.1) is 18.7 Å². The van der Waals surface area contributed by atoms with Crippen LogP contribution in [0.5, 0.6) is 0 Å². The molecule has 0 fully saturated rings. The van der Waals surface area contributed by atoms with Crippen LogP contribution in [-0.4, -0.2) is 37.2 Å². The molecule has 0 aromatic heterocycles. The summed E-state index contributed by atoms with van der Waals surface area (Å²) >= 11 is 5.79. The molecule has 2 unspecified atom stereocenters. The molecule has 0 saturated heterocycles. The first-order valence-corrected chi connectivity index (χ1v) is 8.65. The van der Waals surface area contributed by atoms with Crippen molar-refractivity contribution >= 4 is 23.5 Å². The molecule has 1 aromatic carbocycles. The summed E-state index contributed by atoms with van der Waals surface area (Å²) in [5.74, 6) is -0.647. The fourth-order valence-electron chi connectivity index (χ4n) is 2.11. The van der Waals surface area contributed by atoms with Gasteiger partial charge in [0.25, 0.3) is 0 Å². The van der Waals surface area contributed by atoms with Gasteiger partial charge in [-0.05, 0) is 51.0 Å². The topological polar surface area (TPSA) is 64.6 Å². The Morgan fingerprint density at radius 2 is 1.88 bits per heavy atom. The van der Waals surface area contributed by atoms with E-state index in [1.807, 2.05) is 20.8 Å². The second kappa shape index (κ2) is 11.0. The van der Waals surface area contributed by atoms with E-state index in [1.165, 1.54) is 0 Å². The van der Waals surface area contributed by atoms with Crippen LogP contribution in [0.4, 0.5) is 0 Å². The van der Waals surface area contributed by atoms with Gasteiger partial charge in [0, 0.05) is 11.1 Å². The predicted molar refractivity (Wildman–Crippen MR) is 94.3 cm³/mol. The third-order valence-electron chi connectivity index (χ3n) is 3.43. The molecule has 0 aliphatic rings. The molecule has 1 N–H and O–H groups in total. The van der Waals surface area contributed by atoms with Crippen molar-refractivity contribution in [1.82, 2.24) is 5.32 Å². The van der Waals surface area contributed by atoms with Crippen molar-refractivity contribution in [1.29, 1.82) is 0 Å². The molecule has 0 aliphatic carbocycles. The van der Waals surface area contributed by atoms with Crippen LogP contribution in [-0.2, 0) is 14.3 Å². The van der Waals surface area contributed by atoms with Gasteiger partial charge < -0.3 is 14.8 Å². The van der Waals surface area contributed by atoms with Crippen molar-refractivity contribution in [3.05, 3.63) is 34.9 Å². The molecule has 134 valence electrons. The Hall–Kier alpha value is -1.59. The van der Waals surface area contributed by atoms with Crippen molar-refractivity contribution in [2.75, 3.05) is 13.2 Å². The number of rotatable bonds is 10. The number of hydrogen-bond acceptors (Lipinski definition) is 5. The van der Waals surface area contributed by atoms with Crippen LogP contribution in [0.25, 0.3) is 0 Å². The van der Waals surface area contributed by atoms with E-state index in [0.29, 0.717) is 23.6 Å². The summed E-state index contributed by atoms with van der Waals surface area (Å²) in [5.41, 5.74) is 0.464. The molecule has 0 bridgehead atoms. The van der Waals surface area contributed by atoms with Crippen LogP contribution in [0.1, 0.15) is 50.4 Å². The van der Waals surface area contributed by atoms with E-state index in [9.17, 15) is 9.59 Å². The lowest BCUT2D eigenvalue weighted by molar-refractivity contribution is -0.142. The van der Waals surface area contributed by atoms with Gasteiger partial charge in [0.15, 0.2) is 0 Å². The maximum absolute atomic E-state index is 12.0. The molecule has 0 amide bonds. The van der Waals surface area contributed by atoms with E-state index in [4.69, 9.17) is 21.1 Å². The summed E-state index contributed by atoms with van der Waals surface area (Å²) in [7, 11) is 0. The summed E-state index contributed by atoms with van der Waals surface area (Å²) in [6.07, 6.45) is 2.19. The number of esters is 2. The standard InChI is InChI=1S/C18H26ClNO4/c1-4-5-10-23-17(21)12-20-13(2)11-14(3)24-18(22)15-6-8-16(19)9-7-15/h6-9,13-14,20H,4-5,10-12H2,1-3H3. The number of carbonyl (C=O) groups excluding carboxylic acids is 2. The van der Waals surface area contributed by atoms with Crippen LogP contribution in [0.2, 0.25) is 5.02 Å². The maximum atomic E-state index is 12.0. The first-order chi connectivity index (χ1) is 11.4. The lowest BCUT2D eigenvalue weighted by atomic mass is 10.1. The SMILES string of the molecule is CCCCOC(=O)CNC(C)CC(C)OC(=O)c1ccc(Cl)cc1. The van der Waals surface area contributed by atoms with E-state index >= 15 is 0 Å². The first-order valence-electron chi connectivity index (χ1n) is 8.28. The maximum Gasteiger partial charge on any atom is 0.338 e. The minimum absolute atomic E-state index is 0.0248. The Morgan fingerprint density at radius 1 is 1.21 bits per heavy atom. The number of benzene rings is 1. The second-order valence-corrected chi connectivity index (χ2v) is 6.25. The van der Waals surface area contributed by atoms with E-state index in [0.717, 1.165) is 12.8 Å². The Balaban J connectivity index is 2.28. The van der Waals surface area contributed by atoms with Crippen LogP contribution in [0, 0.1) is 0 Å². The molecule has 0 radical (unpaired) electrons. The molecular weight excluding hydrogens is 330 g/mol. The van der Waals surface area contributed by atoms with Gasteiger partial charge in [-0.25, -0.2) is 4.79 Å². The zero-order valence-corrected chi connectivity index (χ0v) is 15.3. The highest BCUT2D eigenvalue weighted by Gasteiger charge is 2.15. The zero-order valence-electron chi connectivity index (χ0n) is 14.5. The largest absolute Gasteiger partial charge is 0.465 e. The molecule has 0 heterocycles. The quantitative estimate of drug-likeness (QED) is 0.513. The summed E-state index contributed by atoms with van der Waals surface area (Å²) in [5, 5.41) is 3.65. The van der Waals surface area contributed by atoms with Gasteiger partial charge >= 0.3 is 11.9 Å². The minimum atomic E-state index is -0.384. The van der Waals surface area contributed by atoms with Crippen molar-refractivity contribution in [2.45, 2.75) is 52.2 Å². The summed E-state index contributed by atoms with van der Waals surface area (Å²) in [6.45, 7) is 6.42. The fourth-order valence-corrected chi connectivity index (χ4v) is 2.23. The van der Waals surface area contributed by atoms with Crippen molar-refractivity contribution < 1.29 is 19.1 Å². The van der Waals surface area contributed by atoms with Crippen LogP contribution in [0.3, 0.4) is 0 Å². The normalized spacial score (nSPS) is 13.2. The number of unbranched alkanes of at least 4 members (excludes halogenated alkanes) is 1. The minimum Gasteiger partial charge on any atom is -0.465 e. The number of nitrogens with one attached hydrogen (secondary N) is 1. The Labute approximate surface area is 148 Å². The predicted octanol–water partition coefficient (Wildman–Crippen LogP) is 3.60. The Kier molecular flexibility index (Phi) is 9.42. The van der Waals surface area contributed by atoms with Crippen molar-refractivity contribution in [3.8, 4) is 0 Å². The number of carbonyl (C=O) groups is 2. The molecule has 1 rings (SSSR count). The van der Waals surface area contributed by atoms with Crippen LogP contribution < -0.4 is 5.32 Å². The molecule has 0 saturated carbocycles. The van der Waals surface area contributed by atoms with Crippen LogP contribution in [0.15, 0.2) is 24.3 Å².